The molecule has 1 aromatic rings. The van der Waals surface area contributed by atoms with Gasteiger partial charge >= 0.3 is 0 Å². The molecule has 0 spiro atoms. The monoisotopic (exact) mass is 150 g/mol. The average molecular weight is 150 g/mol. The van der Waals surface area contributed by atoms with E-state index in [1.807, 2.05) is 19.9 Å². The van der Waals surface area contributed by atoms with Crippen LogP contribution in [0.3, 0.4) is 0 Å². The van der Waals surface area contributed by atoms with Crippen LogP contribution in [-0.2, 0) is 0 Å². The maximum Gasteiger partial charge on any atom is 0.104 e. The minimum Gasteiger partial charge on any atom is -0.342 e. The van der Waals surface area contributed by atoms with E-state index in [9.17, 15) is 0 Å². The standard InChI is InChI=1S/C9H14N2/c1-4-6-9-8(5-2)10-7(3)11-9/h5-6H,4H2,1-3H3,(H,10,11)/b8-5+,9-6+. The maximum absolute atomic E-state index is 4.31. The van der Waals surface area contributed by atoms with Crippen LogP contribution in [0.5, 0.6) is 0 Å². The third kappa shape index (κ3) is 1.70. The summed E-state index contributed by atoms with van der Waals surface area (Å²) in [6, 6.07) is 0. The number of aromatic nitrogens is 2. The predicted octanol–water partition coefficient (Wildman–Crippen LogP) is 0.709. The lowest BCUT2D eigenvalue weighted by atomic mass is 10.4. The fourth-order valence-corrected chi connectivity index (χ4v) is 1.11. The Bertz CT molecular complexity index is 333. The van der Waals surface area contributed by atoms with Crippen molar-refractivity contribution in [1.29, 1.82) is 0 Å². The topological polar surface area (TPSA) is 28.7 Å². The van der Waals surface area contributed by atoms with Crippen LogP contribution in [0.1, 0.15) is 26.1 Å². The van der Waals surface area contributed by atoms with E-state index in [1.54, 1.807) is 0 Å². The van der Waals surface area contributed by atoms with Gasteiger partial charge in [-0.2, -0.15) is 0 Å². The van der Waals surface area contributed by atoms with E-state index in [1.165, 1.54) is 0 Å². The first-order valence-corrected chi connectivity index (χ1v) is 3.97. The van der Waals surface area contributed by atoms with Crippen molar-refractivity contribution in [3.8, 4) is 0 Å². The van der Waals surface area contributed by atoms with Crippen LogP contribution < -0.4 is 10.7 Å². The molecule has 1 heterocycles. The van der Waals surface area contributed by atoms with Crippen molar-refractivity contribution in [3.05, 3.63) is 16.5 Å². The number of aryl methyl sites for hydroxylation is 1. The lowest BCUT2D eigenvalue weighted by molar-refractivity contribution is 1.13. The number of hydrogen-bond donors (Lipinski definition) is 1. The van der Waals surface area contributed by atoms with Gasteiger partial charge in [0.2, 0.25) is 0 Å². The summed E-state index contributed by atoms with van der Waals surface area (Å²) in [5, 5.41) is 2.21. The molecule has 0 amide bonds. The summed E-state index contributed by atoms with van der Waals surface area (Å²) in [4.78, 5) is 7.50. The van der Waals surface area contributed by atoms with Crippen molar-refractivity contribution < 1.29 is 0 Å². The molecule has 0 bridgehead atoms. The van der Waals surface area contributed by atoms with Gasteiger partial charge < -0.3 is 4.98 Å². The Kier molecular flexibility index (Phi) is 2.47. The molecule has 0 unspecified atom stereocenters. The molecule has 11 heavy (non-hydrogen) atoms. The van der Waals surface area contributed by atoms with Gasteiger partial charge in [0, 0.05) is 0 Å². The molecule has 0 aromatic carbocycles. The number of rotatable bonds is 1. The summed E-state index contributed by atoms with van der Waals surface area (Å²) in [6.07, 6.45) is 5.21. The highest BCUT2D eigenvalue weighted by Gasteiger charge is 1.88. The molecular weight excluding hydrogens is 136 g/mol. The normalized spacial score (nSPS) is 14.5. The van der Waals surface area contributed by atoms with Crippen LogP contribution in [0.2, 0.25) is 0 Å². The van der Waals surface area contributed by atoms with Crippen molar-refractivity contribution in [3.63, 3.8) is 0 Å². The average Bonchev–Trinajstić information content (AvgIpc) is 2.32. The van der Waals surface area contributed by atoms with Crippen molar-refractivity contribution >= 4 is 12.2 Å². The summed E-state index contributed by atoms with van der Waals surface area (Å²) in [7, 11) is 0. The predicted molar refractivity (Wildman–Crippen MR) is 47.5 cm³/mol. The lowest BCUT2D eigenvalue weighted by Gasteiger charge is -1.76. The molecule has 1 rings (SSSR count). The fourth-order valence-electron chi connectivity index (χ4n) is 1.11. The molecule has 0 fully saturated rings. The summed E-state index contributed by atoms with van der Waals surface area (Å²) < 4.78 is 0. The Morgan fingerprint density at radius 1 is 1.55 bits per heavy atom. The molecule has 0 radical (unpaired) electrons. The highest BCUT2D eigenvalue weighted by atomic mass is 14.9. The quantitative estimate of drug-likeness (QED) is 0.627. The third-order valence-corrected chi connectivity index (χ3v) is 1.56. The van der Waals surface area contributed by atoms with Crippen LogP contribution in [0.25, 0.3) is 12.2 Å². The SMILES string of the molecule is C/C=c1/nc(C)[nH]/c1=C/CC. The van der Waals surface area contributed by atoms with Gasteiger partial charge in [-0.05, 0) is 20.3 Å². The van der Waals surface area contributed by atoms with Crippen molar-refractivity contribution in [2.24, 2.45) is 0 Å². The summed E-state index contributed by atoms with van der Waals surface area (Å²) in [5.41, 5.74) is 0. The second-order valence-corrected chi connectivity index (χ2v) is 2.52. The molecule has 0 aliphatic carbocycles. The van der Waals surface area contributed by atoms with Gasteiger partial charge in [-0.1, -0.05) is 19.1 Å². The van der Waals surface area contributed by atoms with Crippen LogP contribution in [0, 0.1) is 6.92 Å². The third-order valence-electron chi connectivity index (χ3n) is 1.56. The van der Waals surface area contributed by atoms with E-state index in [0.717, 1.165) is 22.9 Å². The second-order valence-electron chi connectivity index (χ2n) is 2.52. The summed E-state index contributed by atoms with van der Waals surface area (Å²) >= 11 is 0. The molecule has 1 N–H and O–H groups in total. The smallest absolute Gasteiger partial charge is 0.104 e. The lowest BCUT2D eigenvalue weighted by Crippen LogP contribution is -2.23. The minimum absolute atomic E-state index is 0.984. The second kappa shape index (κ2) is 3.37. The van der Waals surface area contributed by atoms with E-state index < -0.39 is 0 Å². The zero-order valence-corrected chi connectivity index (χ0v) is 7.31. The van der Waals surface area contributed by atoms with Gasteiger partial charge in [-0.3, -0.25) is 0 Å². The Hall–Kier alpha value is -1.05. The number of hydrogen-bond acceptors (Lipinski definition) is 1. The molecular formula is C9H14N2. The van der Waals surface area contributed by atoms with E-state index >= 15 is 0 Å². The van der Waals surface area contributed by atoms with Gasteiger partial charge in [0.05, 0.1) is 10.7 Å². The number of aromatic amines is 1. The van der Waals surface area contributed by atoms with Gasteiger partial charge in [-0.15, -0.1) is 0 Å². The van der Waals surface area contributed by atoms with Crippen LogP contribution in [-0.4, -0.2) is 9.97 Å². The first-order valence-electron chi connectivity index (χ1n) is 3.97. The van der Waals surface area contributed by atoms with E-state index in [4.69, 9.17) is 0 Å². The first kappa shape index (κ1) is 8.05. The number of nitrogens with one attached hydrogen (secondary N) is 1. The van der Waals surface area contributed by atoms with Crippen LogP contribution in [0.15, 0.2) is 0 Å². The zero-order valence-electron chi connectivity index (χ0n) is 7.31. The first-order chi connectivity index (χ1) is 5.27. The summed E-state index contributed by atoms with van der Waals surface area (Å²) in [5.74, 6) is 0.984. The highest BCUT2D eigenvalue weighted by molar-refractivity contribution is 5.23. The Morgan fingerprint density at radius 2 is 2.27 bits per heavy atom. The molecule has 0 aliphatic heterocycles. The van der Waals surface area contributed by atoms with E-state index in [-0.39, 0.29) is 0 Å². The van der Waals surface area contributed by atoms with Crippen LogP contribution >= 0.6 is 0 Å². The zero-order chi connectivity index (χ0) is 8.27. The fraction of sp³-hybridized carbons (Fsp3) is 0.444. The van der Waals surface area contributed by atoms with Gasteiger partial charge in [0.15, 0.2) is 0 Å². The highest BCUT2D eigenvalue weighted by Crippen LogP contribution is 1.75. The van der Waals surface area contributed by atoms with Gasteiger partial charge in [0.1, 0.15) is 5.82 Å². The molecule has 0 aliphatic rings. The summed E-state index contributed by atoms with van der Waals surface area (Å²) in [6.45, 7) is 6.10. The Morgan fingerprint density at radius 3 is 2.82 bits per heavy atom. The van der Waals surface area contributed by atoms with Crippen LogP contribution in [0.4, 0.5) is 0 Å². The molecule has 60 valence electrons. The Labute approximate surface area is 66.7 Å². The number of imidazole rings is 1. The molecule has 2 heteroatoms. The molecule has 0 atom stereocenters. The van der Waals surface area contributed by atoms with Crippen molar-refractivity contribution in [1.82, 2.24) is 9.97 Å². The minimum atomic E-state index is 0.984. The van der Waals surface area contributed by atoms with E-state index in [0.29, 0.717) is 0 Å². The molecule has 1 aromatic heterocycles. The van der Waals surface area contributed by atoms with E-state index in [2.05, 4.69) is 23.0 Å². The van der Waals surface area contributed by atoms with Crippen molar-refractivity contribution in [2.45, 2.75) is 27.2 Å². The largest absolute Gasteiger partial charge is 0.342 e. The number of H-pyrrole nitrogens is 1. The molecule has 0 saturated heterocycles. The van der Waals surface area contributed by atoms with Gasteiger partial charge in [0.25, 0.3) is 0 Å². The van der Waals surface area contributed by atoms with Gasteiger partial charge in [-0.25, -0.2) is 4.98 Å². The number of nitrogens with zero attached hydrogens (tertiary/aromatic N) is 1. The molecule has 2 nitrogen and oxygen atoms in total. The molecule has 0 saturated carbocycles. The van der Waals surface area contributed by atoms with Crippen molar-refractivity contribution in [2.75, 3.05) is 0 Å². The Balaban J connectivity index is 3.36. The maximum atomic E-state index is 4.31.